The van der Waals surface area contributed by atoms with E-state index >= 15 is 0 Å². The molecule has 0 aliphatic carbocycles. The number of carbonyl (C=O) groups is 1. The molecule has 0 N–H and O–H groups in total. The molecule has 0 aliphatic heterocycles. The summed E-state index contributed by atoms with van der Waals surface area (Å²) in [5, 5.41) is 1.86. The van der Waals surface area contributed by atoms with Crippen LogP contribution in [0.1, 0.15) is 21.1 Å². The number of nitrogens with zero attached hydrogens (tertiary/aromatic N) is 2. The van der Waals surface area contributed by atoms with Gasteiger partial charge < -0.3 is 4.90 Å². The maximum atomic E-state index is 11.7. The zero-order chi connectivity index (χ0) is 10.6. The third-order valence-electron chi connectivity index (χ3n) is 1.81. The van der Waals surface area contributed by atoms with Crippen LogP contribution in [-0.4, -0.2) is 34.7 Å². The average molecular weight is 277 g/mol. The molecule has 0 radical (unpaired) electrons. The van der Waals surface area contributed by atoms with Gasteiger partial charge in [-0.3, -0.25) is 4.79 Å². The molecule has 3 nitrogen and oxygen atoms in total. The number of hydrogen-bond acceptors (Lipinski definition) is 3. The van der Waals surface area contributed by atoms with Crippen molar-refractivity contribution in [3.63, 3.8) is 0 Å². The first-order valence-electron chi connectivity index (χ1n) is 4.39. The molecule has 0 spiro atoms. The molecule has 0 unspecified atom stereocenters. The van der Waals surface area contributed by atoms with Gasteiger partial charge in [-0.25, -0.2) is 4.98 Å². The van der Waals surface area contributed by atoms with E-state index in [9.17, 15) is 4.79 Å². The fourth-order valence-corrected chi connectivity index (χ4v) is 2.07. The summed E-state index contributed by atoms with van der Waals surface area (Å²) < 4.78 is 0. The van der Waals surface area contributed by atoms with Crippen LogP contribution in [-0.2, 0) is 0 Å². The lowest BCUT2D eigenvalue weighted by Gasteiger charge is -2.14. The number of aryl methyl sites for hydroxylation is 1. The molecule has 0 aliphatic rings. The Kier molecular flexibility index (Phi) is 4.54. The second-order valence-electron chi connectivity index (χ2n) is 3.01. The highest BCUT2D eigenvalue weighted by atomic mass is 79.9. The highest BCUT2D eigenvalue weighted by Crippen LogP contribution is 2.13. The van der Waals surface area contributed by atoms with E-state index in [1.54, 1.807) is 11.1 Å². The molecule has 0 atom stereocenters. The third-order valence-corrected chi connectivity index (χ3v) is 3.27. The smallest absolute Gasteiger partial charge is 0.265 e. The largest absolute Gasteiger partial charge is 0.341 e. The minimum atomic E-state index is 0.0663. The first-order valence-corrected chi connectivity index (χ1v) is 6.33. The van der Waals surface area contributed by atoms with Crippen LogP contribution in [0, 0.1) is 6.92 Å². The Labute approximate surface area is 96.3 Å². The summed E-state index contributed by atoms with van der Waals surface area (Å²) >= 11 is 4.78. The van der Waals surface area contributed by atoms with Gasteiger partial charge in [-0.2, -0.15) is 0 Å². The van der Waals surface area contributed by atoms with Crippen LogP contribution >= 0.6 is 27.3 Å². The second kappa shape index (κ2) is 5.46. The molecule has 14 heavy (non-hydrogen) atoms. The molecule has 1 heterocycles. The SMILES string of the molecule is Cc1ncc(C(=O)N(C)CCCBr)s1. The Morgan fingerprint density at radius 2 is 2.43 bits per heavy atom. The van der Waals surface area contributed by atoms with Gasteiger partial charge in [-0.1, -0.05) is 15.9 Å². The molecule has 1 amide bonds. The minimum Gasteiger partial charge on any atom is -0.341 e. The van der Waals surface area contributed by atoms with Crippen LogP contribution in [0.25, 0.3) is 0 Å². The number of alkyl halides is 1. The molecule has 1 aromatic heterocycles. The molecule has 78 valence electrons. The number of hydrogen-bond donors (Lipinski definition) is 0. The van der Waals surface area contributed by atoms with Crippen LogP contribution in [0.2, 0.25) is 0 Å². The lowest BCUT2D eigenvalue weighted by Crippen LogP contribution is -2.27. The first-order chi connectivity index (χ1) is 6.65. The quantitative estimate of drug-likeness (QED) is 0.791. The summed E-state index contributed by atoms with van der Waals surface area (Å²) in [7, 11) is 1.82. The van der Waals surface area contributed by atoms with E-state index in [0.717, 1.165) is 28.2 Å². The third kappa shape index (κ3) is 3.06. The van der Waals surface area contributed by atoms with E-state index < -0.39 is 0 Å². The molecule has 5 heteroatoms. The van der Waals surface area contributed by atoms with Crippen LogP contribution < -0.4 is 0 Å². The number of halogens is 1. The van der Waals surface area contributed by atoms with E-state index in [4.69, 9.17) is 0 Å². The van der Waals surface area contributed by atoms with Crippen molar-refractivity contribution in [2.24, 2.45) is 0 Å². The minimum absolute atomic E-state index is 0.0663. The van der Waals surface area contributed by atoms with E-state index in [2.05, 4.69) is 20.9 Å². The van der Waals surface area contributed by atoms with E-state index in [0.29, 0.717) is 0 Å². The van der Waals surface area contributed by atoms with Gasteiger partial charge in [0.2, 0.25) is 0 Å². The first kappa shape index (κ1) is 11.7. The number of rotatable bonds is 4. The molecule has 1 aromatic rings. The molecular weight excluding hydrogens is 264 g/mol. The summed E-state index contributed by atoms with van der Waals surface area (Å²) in [6.45, 7) is 2.68. The lowest BCUT2D eigenvalue weighted by molar-refractivity contribution is 0.0800. The summed E-state index contributed by atoms with van der Waals surface area (Å²) in [6.07, 6.45) is 2.62. The van der Waals surface area contributed by atoms with Crippen molar-refractivity contribution in [2.45, 2.75) is 13.3 Å². The number of thiazole rings is 1. The highest BCUT2D eigenvalue weighted by molar-refractivity contribution is 9.09. The Morgan fingerprint density at radius 3 is 2.93 bits per heavy atom. The van der Waals surface area contributed by atoms with Gasteiger partial charge in [0, 0.05) is 18.9 Å². The van der Waals surface area contributed by atoms with Crippen molar-refractivity contribution in [1.82, 2.24) is 9.88 Å². The van der Waals surface area contributed by atoms with Gasteiger partial charge in [-0.05, 0) is 13.3 Å². The highest BCUT2D eigenvalue weighted by Gasteiger charge is 2.13. The molecule has 0 bridgehead atoms. The van der Waals surface area contributed by atoms with Gasteiger partial charge in [0.05, 0.1) is 11.2 Å². The van der Waals surface area contributed by atoms with E-state index in [1.807, 2.05) is 14.0 Å². The Hall–Kier alpha value is -0.420. The zero-order valence-corrected chi connectivity index (χ0v) is 10.7. The molecule has 0 fully saturated rings. The fourth-order valence-electron chi connectivity index (χ4n) is 1.05. The Morgan fingerprint density at radius 1 is 1.71 bits per heavy atom. The Bertz CT molecular complexity index is 314. The van der Waals surface area contributed by atoms with Crippen LogP contribution in [0.4, 0.5) is 0 Å². The van der Waals surface area contributed by atoms with Crippen LogP contribution in [0.15, 0.2) is 6.20 Å². The van der Waals surface area contributed by atoms with E-state index in [1.165, 1.54) is 11.3 Å². The molecule has 1 rings (SSSR count). The predicted molar refractivity (Wildman–Crippen MR) is 62.2 cm³/mol. The van der Waals surface area contributed by atoms with Crippen LogP contribution in [0.3, 0.4) is 0 Å². The van der Waals surface area contributed by atoms with Crippen molar-refractivity contribution < 1.29 is 4.79 Å². The number of carbonyl (C=O) groups excluding carboxylic acids is 1. The molecule has 0 aromatic carbocycles. The predicted octanol–water partition coefficient (Wildman–Crippen LogP) is 2.31. The fraction of sp³-hybridized carbons (Fsp3) is 0.556. The summed E-state index contributed by atoms with van der Waals surface area (Å²) in [5.41, 5.74) is 0. The monoisotopic (exact) mass is 276 g/mol. The topological polar surface area (TPSA) is 33.2 Å². The van der Waals surface area contributed by atoms with Gasteiger partial charge in [-0.15, -0.1) is 11.3 Å². The number of amides is 1. The molecule has 0 saturated heterocycles. The summed E-state index contributed by atoms with van der Waals surface area (Å²) in [4.78, 5) is 18.3. The second-order valence-corrected chi connectivity index (χ2v) is 5.04. The van der Waals surface area contributed by atoms with Crippen LogP contribution in [0.5, 0.6) is 0 Å². The Balaban J connectivity index is 2.56. The van der Waals surface area contributed by atoms with Crippen molar-refractivity contribution in [2.75, 3.05) is 18.9 Å². The average Bonchev–Trinajstić information content (AvgIpc) is 2.60. The number of aromatic nitrogens is 1. The van der Waals surface area contributed by atoms with Gasteiger partial charge in [0.1, 0.15) is 4.88 Å². The normalized spacial score (nSPS) is 10.2. The lowest BCUT2D eigenvalue weighted by atomic mass is 10.4. The standard InChI is InChI=1S/C9H13BrN2OS/c1-7-11-6-8(14-7)9(13)12(2)5-3-4-10/h6H,3-5H2,1-2H3. The van der Waals surface area contributed by atoms with Gasteiger partial charge in [0.15, 0.2) is 0 Å². The molecule has 0 saturated carbocycles. The maximum absolute atomic E-state index is 11.7. The van der Waals surface area contributed by atoms with Crippen molar-refractivity contribution in [3.8, 4) is 0 Å². The van der Waals surface area contributed by atoms with Gasteiger partial charge in [0.25, 0.3) is 5.91 Å². The van der Waals surface area contributed by atoms with Gasteiger partial charge >= 0.3 is 0 Å². The maximum Gasteiger partial charge on any atom is 0.265 e. The summed E-state index contributed by atoms with van der Waals surface area (Å²) in [5.74, 6) is 0.0663. The zero-order valence-electron chi connectivity index (χ0n) is 8.29. The van der Waals surface area contributed by atoms with Crippen molar-refractivity contribution in [1.29, 1.82) is 0 Å². The van der Waals surface area contributed by atoms with E-state index in [-0.39, 0.29) is 5.91 Å². The van der Waals surface area contributed by atoms with Crippen molar-refractivity contribution in [3.05, 3.63) is 16.1 Å². The van der Waals surface area contributed by atoms with Crippen molar-refractivity contribution >= 4 is 33.2 Å². The summed E-state index contributed by atoms with van der Waals surface area (Å²) in [6, 6.07) is 0. The molecular formula is C9H13BrN2OS.